The fourth-order valence-corrected chi connectivity index (χ4v) is 1.16. The van der Waals surface area contributed by atoms with E-state index in [4.69, 9.17) is 5.26 Å². The first kappa shape index (κ1) is 12.1. The van der Waals surface area contributed by atoms with Crippen LogP contribution in [-0.4, -0.2) is 43.0 Å². The number of aromatic nitrogens is 1. The van der Waals surface area contributed by atoms with Gasteiger partial charge in [-0.1, -0.05) is 0 Å². The molecule has 0 atom stereocenters. The summed E-state index contributed by atoms with van der Waals surface area (Å²) in [6, 6.07) is 3.49. The molecule has 5 nitrogen and oxygen atoms in total. The molecule has 0 aliphatic carbocycles. The van der Waals surface area contributed by atoms with Crippen LogP contribution in [0.25, 0.3) is 0 Å². The van der Waals surface area contributed by atoms with Gasteiger partial charge < -0.3 is 10.2 Å². The molecule has 1 aromatic rings. The SMILES string of the molecule is CN(C)CCNC(=O)c1cnccc1C#N. The maximum absolute atomic E-state index is 11.7. The number of rotatable bonds is 4. The van der Waals surface area contributed by atoms with Gasteiger partial charge in [-0.3, -0.25) is 9.78 Å². The van der Waals surface area contributed by atoms with Crippen molar-refractivity contribution in [1.82, 2.24) is 15.2 Å². The van der Waals surface area contributed by atoms with E-state index < -0.39 is 0 Å². The lowest BCUT2D eigenvalue weighted by Crippen LogP contribution is -2.31. The Morgan fingerprint density at radius 2 is 2.38 bits per heavy atom. The standard InChI is InChI=1S/C11H14N4O/c1-15(2)6-5-14-11(16)10-8-13-4-3-9(10)7-12/h3-4,8H,5-6H2,1-2H3,(H,14,16). The predicted octanol–water partition coefficient (Wildman–Crippen LogP) is 0.245. The summed E-state index contributed by atoms with van der Waals surface area (Å²) in [5.74, 6) is -0.258. The number of carbonyl (C=O) groups excluding carboxylic acids is 1. The second-order valence-corrected chi connectivity index (χ2v) is 3.59. The highest BCUT2D eigenvalue weighted by Gasteiger charge is 2.10. The number of nitrogens with one attached hydrogen (secondary N) is 1. The third-order valence-electron chi connectivity index (χ3n) is 2.03. The molecule has 0 saturated carbocycles. The molecule has 0 fully saturated rings. The summed E-state index contributed by atoms with van der Waals surface area (Å²) in [6.07, 6.45) is 2.90. The minimum atomic E-state index is -0.258. The Labute approximate surface area is 94.7 Å². The van der Waals surface area contributed by atoms with Gasteiger partial charge in [0.25, 0.3) is 5.91 Å². The van der Waals surface area contributed by atoms with Crippen molar-refractivity contribution in [2.24, 2.45) is 0 Å². The van der Waals surface area contributed by atoms with Gasteiger partial charge in [-0.25, -0.2) is 0 Å². The molecule has 0 saturated heterocycles. The van der Waals surface area contributed by atoms with Gasteiger partial charge in [0.15, 0.2) is 0 Å². The van der Waals surface area contributed by atoms with Gasteiger partial charge in [-0.2, -0.15) is 5.26 Å². The van der Waals surface area contributed by atoms with E-state index in [0.717, 1.165) is 6.54 Å². The molecule has 0 aliphatic heterocycles. The molecular formula is C11H14N4O. The van der Waals surface area contributed by atoms with Crippen LogP contribution in [0.15, 0.2) is 18.5 Å². The highest BCUT2D eigenvalue weighted by Crippen LogP contribution is 2.04. The largest absolute Gasteiger partial charge is 0.351 e. The minimum Gasteiger partial charge on any atom is -0.351 e. The molecule has 0 unspecified atom stereocenters. The van der Waals surface area contributed by atoms with Gasteiger partial charge in [-0.15, -0.1) is 0 Å². The first-order valence-corrected chi connectivity index (χ1v) is 4.92. The zero-order chi connectivity index (χ0) is 12.0. The summed E-state index contributed by atoms with van der Waals surface area (Å²) < 4.78 is 0. The molecule has 0 aliphatic rings. The van der Waals surface area contributed by atoms with E-state index in [-0.39, 0.29) is 5.91 Å². The monoisotopic (exact) mass is 218 g/mol. The molecule has 0 aromatic carbocycles. The van der Waals surface area contributed by atoms with E-state index in [9.17, 15) is 4.79 Å². The highest BCUT2D eigenvalue weighted by atomic mass is 16.1. The Kier molecular flexibility index (Phi) is 4.42. The van der Waals surface area contributed by atoms with Crippen LogP contribution >= 0.6 is 0 Å². The lowest BCUT2D eigenvalue weighted by Gasteiger charge is -2.10. The van der Waals surface area contributed by atoms with Crippen LogP contribution < -0.4 is 5.32 Å². The third kappa shape index (κ3) is 3.33. The Morgan fingerprint density at radius 1 is 1.62 bits per heavy atom. The van der Waals surface area contributed by atoms with Crippen molar-refractivity contribution in [1.29, 1.82) is 5.26 Å². The van der Waals surface area contributed by atoms with E-state index in [2.05, 4.69) is 10.3 Å². The van der Waals surface area contributed by atoms with Gasteiger partial charge in [-0.05, 0) is 20.2 Å². The number of nitrogens with zero attached hydrogens (tertiary/aromatic N) is 3. The number of hydrogen-bond donors (Lipinski definition) is 1. The number of likely N-dealkylation sites (N-methyl/N-ethyl adjacent to an activating group) is 1. The topological polar surface area (TPSA) is 69.0 Å². The van der Waals surface area contributed by atoms with Crippen LogP contribution in [0.4, 0.5) is 0 Å². The average Bonchev–Trinajstić information content (AvgIpc) is 2.28. The fraction of sp³-hybridized carbons (Fsp3) is 0.364. The van der Waals surface area contributed by atoms with Crippen LogP contribution in [0.3, 0.4) is 0 Å². The van der Waals surface area contributed by atoms with Gasteiger partial charge in [0.05, 0.1) is 11.1 Å². The number of carbonyl (C=O) groups is 1. The molecular weight excluding hydrogens is 204 g/mol. The van der Waals surface area contributed by atoms with Gasteiger partial charge >= 0.3 is 0 Å². The second kappa shape index (κ2) is 5.83. The lowest BCUT2D eigenvalue weighted by atomic mass is 10.1. The van der Waals surface area contributed by atoms with Crippen molar-refractivity contribution in [2.75, 3.05) is 27.2 Å². The molecule has 1 aromatic heterocycles. The van der Waals surface area contributed by atoms with Crippen molar-refractivity contribution in [2.45, 2.75) is 0 Å². The summed E-state index contributed by atoms with van der Waals surface area (Å²) in [4.78, 5) is 17.5. The first-order chi connectivity index (χ1) is 7.65. The summed E-state index contributed by atoms with van der Waals surface area (Å²) in [5, 5.41) is 11.5. The van der Waals surface area contributed by atoms with E-state index in [0.29, 0.717) is 17.7 Å². The van der Waals surface area contributed by atoms with Crippen LogP contribution in [0.1, 0.15) is 15.9 Å². The summed E-state index contributed by atoms with van der Waals surface area (Å²) >= 11 is 0. The lowest BCUT2D eigenvalue weighted by molar-refractivity contribution is 0.0950. The van der Waals surface area contributed by atoms with Gasteiger partial charge in [0.2, 0.25) is 0 Å². The van der Waals surface area contributed by atoms with Gasteiger partial charge in [0.1, 0.15) is 6.07 Å². The van der Waals surface area contributed by atoms with Crippen LogP contribution in [0.5, 0.6) is 0 Å². The zero-order valence-corrected chi connectivity index (χ0v) is 9.40. The Morgan fingerprint density at radius 3 is 3.00 bits per heavy atom. The average molecular weight is 218 g/mol. The number of amides is 1. The van der Waals surface area contributed by atoms with E-state index in [1.807, 2.05) is 25.1 Å². The number of nitriles is 1. The van der Waals surface area contributed by atoms with E-state index >= 15 is 0 Å². The maximum Gasteiger partial charge on any atom is 0.254 e. The van der Waals surface area contributed by atoms with Crippen LogP contribution in [-0.2, 0) is 0 Å². The summed E-state index contributed by atoms with van der Waals surface area (Å²) in [7, 11) is 3.86. The fourth-order valence-electron chi connectivity index (χ4n) is 1.16. The summed E-state index contributed by atoms with van der Waals surface area (Å²) in [6.45, 7) is 1.31. The molecule has 1 heterocycles. The van der Waals surface area contributed by atoms with Gasteiger partial charge in [0, 0.05) is 25.5 Å². The quantitative estimate of drug-likeness (QED) is 0.786. The highest BCUT2D eigenvalue weighted by molar-refractivity contribution is 5.96. The van der Waals surface area contributed by atoms with Crippen molar-refractivity contribution in [3.63, 3.8) is 0 Å². The molecule has 16 heavy (non-hydrogen) atoms. The maximum atomic E-state index is 11.7. The Balaban J connectivity index is 2.63. The number of hydrogen-bond acceptors (Lipinski definition) is 4. The zero-order valence-electron chi connectivity index (χ0n) is 9.40. The van der Waals surface area contributed by atoms with Crippen LogP contribution in [0, 0.1) is 11.3 Å². The van der Waals surface area contributed by atoms with Crippen molar-refractivity contribution < 1.29 is 4.79 Å². The molecule has 0 spiro atoms. The molecule has 5 heteroatoms. The van der Waals surface area contributed by atoms with Crippen LogP contribution in [0.2, 0.25) is 0 Å². The predicted molar refractivity (Wildman–Crippen MR) is 59.8 cm³/mol. The van der Waals surface area contributed by atoms with Crippen molar-refractivity contribution in [3.8, 4) is 6.07 Å². The normalized spacial score (nSPS) is 9.88. The molecule has 1 N–H and O–H groups in total. The molecule has 0 radical (unpaired) electrons. The Bertz CT molecular complexity index is 409. The van der Waals surface area contributed by atoms with Crippen molar-refractivity contribution in [3.05, 3.63) is 29.6 Å². The van der Waals surface area contributed by atoms with E-state index in [1.165, 1.54) is 18.5 Å². The first-order valence-electron chi connectivity index (χ1n) is 4.92. The van der Waals surface area contributed by atoms with E-state index in [1.54, 1.807) is 0 Å². The summed E-state index contributed by atoms with van der Waals surface area (Å²) in [5.41, 5.74) is 0.668. The second-order valence-electron chi connectivity index (χ2n) is 3.59. The molecule has 0 bridgehead atoms. The minimum absolute atomic E-state index is 0.258. The molecule has 1 amide bonds. The van der Waals surface area contributed by atoms with Crippen molar-refractivity contribution >= 4 is 5.91 Å². The Hall–Kier alpha value is -1.93. The number of pyridine rings is 1. The third-order valence-corrected chi connectivity index (χ3v) is 2.03. The molecule has 1 rings (SSSR count). The smallest absolute Gasteiger partial charge is 0.254 e. The molecule has 84 valence electrons.